The fourth-order valence-corrected chi connectivity index (χ4v) is 2.44. The van der Waals surface area contributed by atoms with E-state index in [0.717, 1.165) is 23.7 Å². The average Bonchev–Trinajstić information content (AvgIpc) is 2.50. The van der Waals surface area contributed by atoms with Gasteiger partial charge in [-0.05, 0) is 56.0 Å². The second kappa shape index (κ2) is 7.46. The molecule has 3 heteroatoms. The van der Waals surface area contributed by atoms with E-state index in [-0.39, 0.29) is 0 Å². The number of hydrogen-bond donors (Lipinski definition) is 0. The van der Waals surface area contributed by atoms with Crippen LogP contribution in [0.15, 0.2) is 41.4 Å². The molecule has 0 aliphatic rings. The lowest BCUT2D eigenvalue weighted by Crippen LogP contribution is -2.14. The molecule has 0 aliphatic heterocycles. The Morgan fingerprint density at radius 1 is 1.14 bits per heavy atom. The van der Waals surface area contributed by atoms with Gasteiger partial charge in [0.1, 0.15) is 0 Å². The molecule has 0 N–H and O–H groups in total. The summed E-state index contributed by atoms with van der Waals surface area (Å²) in [7, 11) is 2.01. The lowest BCUT2D eigenvalue weighted by molar-refractivity contribution is 0.552. The fourth-order valence-electron chi connectivity index (χ4n) is 2.21. The van der Waals surface area contributed by atoms with E-state index in [1.54, 1.807) is 0 Å². The molecule has 2 nitrogen and oxygen atoms in total. The number of hydrogen-bond acceptors (Lipinski definition) is 1. The highest BCUT2D eigenvalue weighted by atomic mass is 35.5. The Bertz CT molecular complexity index is 660. The van der Waals surface area contributed by atoms with Gasteiger partial charge in [-0.2, -0.15) is 0 Å². The number of nitrogens with zero attached hydrogens (tertiary/aromatic N) is 2. The maximum atomic E-state index is 6.28. The zero-order valence-corrected chi connectivity index (χ0v) is 14.5. The summed E-state index contributed by atoms with van der Waals surface area (Å²) in [4.78, 5) is 6.61. The molecular weight excluding hydrogens is 292 g/mol. The Morgan fingerprint density at radius 2 is 1.82 bits per heavy atom. The van der Waals surface area contributed by atoms with Gasteiger partial charge in [0.05, 0.1) is 12.0 Å². The first kappa shape index (κ1) is 16.6. The number of halogens is 1. The van der Waals surface area contributed by atoms with Crippen LogP contribution in [0.5, 0.6) is 0 Å². The van der Waals surface area contributed by atoms with Crippen molar-refractivity contribution in [3.8, 4) is 0 Å². The summed E-state index contributed by atoms with van der Waals surface area (Å²) >= 11 is 6.28. The van der Waals surface area contributed by atoms with Gasteiger partial charge < -0.3 is 4.90 Å². The highest BCUT2D eigenvalue weighted by Crippen LogP contribution is 2.28. The standard InChI is InChI=1S/C19H23ClN2/c1-5-22(4)13-21-19-12-18(20)11-17(15(19)3)10-16-8-6-14(2)7-9-16/h6-9,11-13H,5,10H2,1-4H3. The quantitative estimate of drug-likeness (QED) is 0.550. The molecule has 0 saturated carbocycles. The number of aliphatic imine (C=N–C) groups is 1. The van der Waals surface area contributed by atoms with Crippen LogP contribution in [0.1, 0.15) is 29.2 Å². The summed E-state index contributed by atoms with van der Waals surface area (Å²) in [5, 5.41) is 0.735. The van der Waals surface area contributed by atoms with Crippen LogP contribution in [-0.4, -0.2) is 24.8 Å². The largest absolute Gasteiger partial charge is 0.366 e. The van der Waals surface area contributed by atoms with Gasteiger partial charge in [-0.15, -0.1) is 0 Å². The summed E-state index contributed by atoms with van der Waals surface area (Å²) in [6, 6.07) is 12.6. The third-order valence-corrected chi connectivity index (χ3v) is 4.08. The van der Waals surface area contributed by atoms with Gasteiger partial charge in [-0.1, -0.05) is 41.4 Å². The lowest BCUT2D eigenvalue weighted by atomic mass is 9.99. The van der Waals surface area contributed by atoms with Crippen LogP contribution in [0.25, 0.3) is 0 Å². The topological polar surface area (TPSA) is 15.6 Å². The van der Waals surface area contributed by atoms with Crippen molar-refractivity contribution >= 4 is 23.6 Å². The first-order valence-electron chi connectivity index (χ1n) is 7.58. The van der Waals surface area contributed by atoms with Crippen molar-refractivity contribution < 1.29 is 0 Å². The van der Waals surface area contributed by atoms with Gasteiger partial charge in [0.25, 0.3) is 0 Å². The van der Waals surface area contributed by atoms with Crippen molar-refractivity contribution in [2.75, 3.05) is 13.6 Å². The SMILES string of the molecule is CCN(C)C=Nc1cc(Cl)cc(Cc2ccc(C)cc2)c1C. The third kappa shape index (κ3) is 4.35. The molecule has 0 atom stereocenters. The maximum Gasteiger partial charge on any atom is 0.0909 e. The Labute approximate surface area is 138 Å². The van der Waals surface area contributed by atoms with Gasteiger partial charge in [0.15, 0.2) is 0 Å². The van der Waals surface area contributed by atoms with E-state index >= 15 is 0 Å². The van der Waals surface area contributed by atoms with E-state index in [9.17, 15) is 0 Å². The second-order valence-corrected chi connectivity index (χ2v) is 6.13. The number of benzene rings is 2. The van der Waals surface area contributed by atoms with E-state index < -0.39 is 0 Å². The molecule has 0 aliphatic carbocycles. The molecule has 0 heterocycles. The predicted octanol–water partition coefficient (Wildman–Crippen LogP) is 5.16. The van der Waals surface area contributed by atoms with Gasteiger partial charge in [-0.25, -0.2) is 4.99 Å². The minimum absolute atomic E-state index is 0.735. The van der Waals surface area contributed by atoms with Crippen molar-refractivity contribution in [3.63, 3.8) is 0 Å². The summed E-state index contributed by atoms with van der Waals surface area (Å²) < 4.78 is 0. The monoisotopic (exact) mass is 314 g/mol. The van der Waals surface area contributed by atoms with Gasteiger partial charge >= 0.3 is 0 Å². The normalized spacial score (nSPS) is 11.1. The molecule has 0 unspecified atom stereocenters. The molecule has 2 aromatic carbocycles. The number of rotatable bonds is 5. The highest BCUT2D eigenvalue weighted by molar-refractivity contribution is 6.31. The molecule has 0 radical (unpaired) electrons. The second-order valence-electron chi connectivity index (χ2n) is 5.69. The molecule has 0 amide bonds. The summed E-state index contributed by atoms with van der Waals surface area (Å²) in [6.07, 6.45) is 2.73. The maximum absolute atomic E-state index is 6.28. The average molecular weight is 315 g/mol. The van der Waals surface area contributed by atoms with Crippen LogP contribution < -0.4 is 0 Å². The van der Waals surface area contributed by atoms with Crippen molar-refractivity contribution in [1.29, 1.82) is 0 Å². The third-order valence-electron chi connectivity index (χ3n) is 3.86. The fraction of sp³-hybridized carbons (Fsp3) is 0.316. The van der Waals surface area contributed by atoms with E-state index in [2.05, 4.69) is 50.0 Å². The molecular formula is C19H23ClN2. The first-order valence-corrected chi connectivity index (χ1v) is 7.96. The Morgan fingerprint density at radius 3 is 2.45 bits per heavy atom. The summed E-state index contributed by atoms with van der Waals surface area (Å²) in [5.74, 6) is 0. The van der Waals surface area contributed by atoms with Crippen LogP contribution in [0.2, 0.25) is 5.02 Å². The Kier molecular flexibility index (Phi) is 5.62. The minimum atomic E-state index is 0.735. The molecule has 2 rings (SSSR count). The molecule has 0 saturated heterocycles. The van der Waals surface area contributed by atoms with Crippen LogP contribution in [0, 0.1) is 13.8 Å². The molecule has 0 spiro atoms. The van der Waals surface area contributed by atoms with Crippen molar-refractivity contribution in [2.24, 2.45) is 4.99 Å². The molecule has 0 bridgehead atoms. The van der Waals surface area contributed by atoms with Crippen LogP contribution >= 0.6 is 11.6 Å². The smallest absolute Gasteiger partial charge is 0.0909 e. The van der Waals surface area contributed by atoms with E-state index in [0.29, 0.717) is 0 Å². The highest BCUT2D eigenvalue weighted by Gasteiger charge is 2.07. The van der Waals surface area contributed by atoms with Gasteiger partial charge in [0, 0.05) is 18.6 Å². The van der Waals surface area contributed by atoms with Crippen molar-refractivity contribution in [1.82, 2.24) is 4.90 Å². The summed E-state index contributed by atoms with van der Waals surface area (Å²) in [5.41, 5.74) is 5.92. The number of aryl methyl sites for hydroxylation is 1. The lowest BCUT2D eigenvalue weighted by Gasteiger charge is -2.12. The first-order chi connectivity index (χ1) is 10.5. The predicted molar refractivity (Wildman–Crippen MR) is 96.6 cm³/mol. The van der Waals surface area contributed by atoms with E-state index in [1.165, 1.54) is 22.3 Å². The molecule has 22 heavy (non-hydrogen) atoms. The minimum Gasteiger partial charge on any atom is -0.366 e. The molecule has 116 valence electrons. The zero-order valence-electron chi connectivity index (χ0n) is 13.7. The van der Waals surface area contributed by atoms with Gasteiger partial charge in [0.2, 0.25) is 0 Å². The molecule has 0 fully saturated rings. The van der Waals surface area contributed by atoms with Crippen molar-refractivity contribution in [2.45, 2.75) is 27.2 Å². The molecule has 0 aromatic heterocycles. The Balaban J connectivity index is 2.30. The van der Waals surface area contributed by atoms with Crippen LogP contribution in [0.3, 0.4) is 0 Å². The van der Waals surface area contributed by atoms with Crippen molar-refractivity contribution in [3.05, 3.63) is 63.7 Å². The molecule has 2 aromatic rings. The van der Waals surface area contributed by atoms with Crippen LogP contribution in [-0.2, 0) is 6.42 Å². The van der Waals surface area contributed by atoms with E-state index in [1.807, 2.05) is 30.4 Å². The Hall–Kier alpha value is -1.80. The van der Waals surface area contributed by atoms with Gasteiger partial charge in [-0.3, -0.25) is 0 Å². The van der Waals surface area contributed by atoms with E-state index in [4.69, 9.17) is 11.6 Å². The van der Waals surface area contributed by atoms with Crippen LogP contribution in [0.4, 0.5) is 5.69 Å². The summed E-state index contributed by atoms with van der Waals surface area (Å²) in [6.45, 7) is 7.24. The zero-order chi connectivity index (χ0) is 16.1.